The van der Waals surface area contributed by atoms with E-state index in [4.69, 9.17) is 17.0 Å². The number of diazo groups is 1. The second kappa shape index (κ2) is 3.75. The van der Waals surface area contributed by atoms with Gasteiger partial charge in [0.25, 0.3) is 0 Å². The number of alkyl halides is 3. The van der Waals surface area contributed by atoms with Gasteiger partial charge in [-0.15, -0.1) is 0 Å². The van der Waals surface area contributed by atoms with Crippen molar-refractivity contribution in [1.82, 2.24) is 0 Å². The predicted molar refractivity (Wildman–Crippen MR) is 48.9 cm³/mol. The third kappa shape index (κ3) is 2.16. The Balaban J connectivity index is 3.37. The largest absolute Gasteiger partial charge is 0.417 e. The lowest BCUT2D eigenvalue weighted by Gasteiger charge is -2.05. The summed E-state index contributed by atoms with van der Waals surface area (Å²) in [6, 6.07) is 1.49. The fraction of sp³-hybridized carbons (Fsp3) is 0.143. The van der Waals surface area contributed by atoms with E-state index in [-0.39, 0.29) is 15.2 Å². The first kappa shape index (κ1) is 11.3. The lowest BCUT2D eigenvalue weighted by molar-refractivity contribution is -0.137. The monoisotopic (exact) mass is 285 g/mol. The van der Waals surface area contributed by atoms with Crippen molar-refractivity contribution in [2.75, 3.05) is 0 Å². The smallest absolute Gasteiger partial charge is 0.166 e. The topological polar surface area (TPSA) is 28.1 Å². The molecule has 0 unspecified atom stereocenters. The zero-order chi connectivity index (χ0) is 10.9. The van der Waals surface area contributed by atoms with Gasteiger partial charge in [0.05, 0.1) is 5.56 Å². The van der Waals surface area contributed by atoms with Gasteiger partial charge in [-0.3, -0.25) is 0 Å². The summed E-state index contributed by atoms with van der Waals surface area (Å²) in [6.07, 6.45) is -4.47. The average Bonchev–Trinajstić information content (AvgIpc) is 2.01. The van der Waals surface area contributed by atoms with Crippen LogP contribution in [0.1, 0.15) is 5.56 Å². The van der Waals surface area contributed by atoms with Gasteiger partial charge in [0, 0.05) is 0 Å². The van der Waals surface area contributed by atoms with Crippen molar-refractivity contribution in [2.24, 2.45) is 0 Å². The highest BCUT2D eigenvalue weighted by atomic mass is 79.9. The van der Waals surface area contributed by atoms with Crippen molar-refractivity contribution in [3.8, 4) is 0 Å². The first-order valence-corrected chi connectivity index (χ1v) is 4.44. The summed E-state index contributed by atoms with van der Waals surface area (Å²) in [5, 5.41) is 8.15. The molecule has 0 saturated carbocycles. The van der Waals surface area contributed by atoms with Crippen molar-refractivity contribution in [1.29, 1.82) is 5.39 Å². The minimum Gasteiger partial charge on any atom is -0.166 e. The third-order valence-electron chi connectivity index (χ3n) is 1.44. The number of nitrogens with zero attached hydrogens (tertiary/aromatic N) is 2. The Kier molecular flexibility index (Phi) is 3.02. The summed E-state index contributed by atoms with van der Waals surface area (Å²) in [4.78, 5) is 2.75. The molecule has 7 heteroatoms. The third-order valence-corrected chi connectivity index (χ3v) is 2.34. The molecule has 0 bridgehead atoms. The van der Waals surface area contributed by atoms with Crippen LogP contribution in [0.5, 0.6) is 0 Å². The van der Waals surface area contributed by atoms with Gasteiger partial charge in [-0.2, -0.15) is 13.2 Å². The molecule has 0 aliphatic heterocycles. The van der Waals surface area contributed by atoms with E-state index in [2.05, 4.69) is 20.9 Å². The van der Waals surface area contributed by atoms with E-state index in [1.807, 2.05) is 0 Å². The van der Waals surface area contributed by atoms with E-state index in [1.165, 1.54) is 0 Å². The molecule has 14 heavy (non-hydrogen) atoms. The molecule has 0 amide bonds. The number of rotatable bonds is 0. The summed E-state index contributed by atoms with van der Waals surface area (Å²) in [5.41, 5.74) is -1.03. The molecular weight excluding hydrogens is 284 g/mol. The zero-order valence-corrected chi connectivity index (χ0v) is 8.78. The maximum absolute atomic E-state index is 12.2. The minimum absolute atomic E-state index is 0.0141. The summed E-state index contributed by atoms with van der Waals surface area (Å²) in [6.45, 7) is 0. The van der Waals surface area contributed by atoms with Crippen molar-refractivity contribution in [3.05, 3.63) is 32.2 Å². The fourth-order valence-corrected chi connectivity index (χ4v) is 1.74. The molecule has 74 valence electrons. The highest BCUT2D eigenvalue weighted by Gasteiger charge is 2.33. The predicted octanol–water partition coefficient (Wildman–Crippen LogP) is 4.61. The van der Waals surface area contributed by atoms with Gasteiger partial charge < -0.3 is 0 Å². The maximum atomic E-state index is 12.2. The van der Waals surface area contributed by atoms with Crippen LogP contribution in [0, 0.1) is 5.39 Å². The Morgan fingerprint density at radius 1 is 1.36 bits per heavy atom. The molecule has 0 atom stereocenters. The van der Waals surface area contributed by atoms with Crippen LogP contribution in [0.2, 0.25) is 5.02 Å². The van der Waals surface area contributed by atoms with Crippen LogP contribution in [-0.2, 0) is 6.18 Å². The molecule has 0 aromatic heterocycles. The highest BCUT2D eigenvalue weighted by Crippen LogP contribution is 2.39. The molecule has 0 N–H and O–H groups in total. The lowest BCUT2D eigenvalue weighted by Crippen LogP contribution is -2.04. The van der Waals surface area contributed by atoms with Gasteiger partial charge in [-0.1, -0.05) is 11.6 Å². The molecule has 0 spiro atoms. The van der Waals surface area contributed by atoms with Gasteiger partial charge in [-0.05, 0) is 28.1 Å². The normalized spacial score (nSPS) is 11.1. The first-order chi connectivity index (χ1) is 6.36. The Morgan fingerprint density at radius 3 is 2.29 bits per heavy atom. The standard InChI is InChI=1S/C7H2BrClF3N2/c8-4-1-3(7(10,11)12)2-5(9)6(4)14-13/h1-2H/q+1. The Labute approximate surface area is 90.4 Å². The molecule has 0 aliphatic rings. The van der Waals surface area contributed by atoms with Gasteiger partial charge in [0.1, 0.15) is 9.50 Å². The van der Waals surface area contributed by atoms with E-state index >= 15 is 0 Å². The quantitative estimate of drug-likeness (QED) is 0.640. The summed E-state index contributed by atoms with van der Waals surface area (Å²) < 4.78 is 36.6. The zero-order valence-electron chi connectivity index (χ0n) is 6.44. The van der Waals surface area contributed by atoms with Crippen LogP contribution in [-0.4, -0.2) is 0 Å². The van der Waals surface area contributed by atoms with Gasteiger partial charge in [0.15, 0.2) is 4.98 Å². The summed E-state index contributed by atoms with van der Waals surface area (Å²) in [5.74, 6) is 0. The van der Waals surface area contributed by atoms with Crippen LogP contribution in [0.15, 0.2) is 16.6 Å². The average molecular weight is 286 g/mol. The maximum Gasteiger partial charge on any atom is 0.417 e. The van der Waals surface area contributed by atoms with E-state index in [9.17, 15) is 13.2 Å². The van der Waals surface area contributed by atoms with E-state index < -0.39 is 11.7 Å². The first-order valence-electron chi connectivity index (χ1n) is 3.27. The highest BCUT2D eigenvalue weighted by molar-refractivity contribution is 9.10. The minimum atomic E-state index is -4.47. The number of hydrogen-bond donors (Lipinski definition) is 0. The van der Waals surface area contributed by atoms with E-state index in [1.54, 1.807) is 0 Å². The van der Waals surface area contributed by atoms with E-state index in [0.717, 1.165) is 6.07 Å². The lowest BCUT2D eigenvalue weighted by atomic mass is 10.2. The molecule has 2 nitrogen and oxygen atoms in total. The van der Waals surface area contributed by atoms with Gasteiger partial charge in [0.2, 0.25) is 5.39 Å². The second-order valence-corrected chi connectivity index (χ2v) is 3.65. The molecule has 0 saturated heterocycles. The number of benzene rings is 1. The molecule has 1 rings (SSSR count). The van der Waals surface area contributed by atoms with E-state index in [0.29, 0.717) is 6.07 Å². The van der Waals surface area contributed by atoms with Gasteiger partial charge >= 0.3 is 11.9 Å². The number of hydrogen-bond acceptors (Lipinski definition) is 1. The molecule has 0 aliphatic carbocycles. The molecular formula is C7H2BrClF3N2+. The summed E-state index contributed by atoms with van der Waals surface area (Å²) in [7, 11) is 0. The van der Waals surface area contributed by atoms with Crippen molar-refractivity contribution in [2.45, 2.75) is 6.18 Å². The van der Waals surface area contributed by atoms with Gasteiger partial charge in [-0.25, -0.2) is 0 Å². The second-order valence-electron chi connectivity index (χ2n) is 2.39. The molecule has 1 aromatic carbocycles. The van der Waals surface area contributed by atoms with Crippen LogP contribution < -0.4 is 0 Å². The van der Waals surface area contributed by atoms with Crippen molar-refractivity contribution >= 4 is 33.2 Å². The molecule has 0 radical (unpaired) electrons. The SMILES string of the molecule is N#[N+]c1c(Cl)cc(C(F)(F)F)cc1Br. The fourth-order valence-electron chi connectivity index (χ4n) is 0.825. The van der Waals surface area contributed by atoms with Crippen LogP contribution >= 0.6 is 27.5 Å². The van der Waals surface area contributed by atoms with Crippen molar-refractivity contribution in [3.63, 3.8) is 0 Å². The molecule has 1 aromatic rings. The molecule has 0 fully saturated rings. The molecule has 0 heterocycles. The Morgan fingerprint density at radius 2 is 1.93 bits per heavy atom. The van der Waals surface area contributed by atoms with Crippen LogP contribution in [0.3, 0.4) is 0 Å². The Bertz CT molecular complexity index is 387. The summed E-state index contributed by atoms with van der Waals surface area (Å²) >= 11 is 8.27. The Hall–Kier alpha value is -0.800. The van der Waals surface area contributed by atoms with Crippen molar-refractivity contribution < 1.29 is 13.2 Å². The van der Waals surface area contributed by atoms with Crippen LogP contribution in [0.25, 0.3) is 4.98 Å². The number of halogens is 5. The van der Waals surface area contributed by atoms with Crippen LogP contribution in [0.4, 0.5) is 18.9 Å².